The summed E-state index contributed by atoms with van der Waals surface area (Å²) in [4.78, 5) is 127. The predicted octanol–water partition coefficient (Wildman–Crippen LogP) is 13.2. The Morgan fingerprint density at radius 1 is 0.436 bits per heavy atom. The van der Waals surface area contributed by atoms with E-state index < -0.39 is 87.7 Å². The fraction of sp³-hybridized carbons (Fsp3) is 0.442. The Labute approximate surface area is 648 Å². The molecule has 24 heteroatoms. The number of alkyl carbamates (subject to hydrolysis) is 4. The van der Waals surface area contributed by atoms with Gasteiger partial charge in [-0.3, -0.25) is 34.8 Å². The number of benzene rings is 6. The van der Waals surface area contributed by atoms with Gasteiger partial charge in [-0.2, -0.15) is 0 Å². The van der Waals surface area contributed by atoms with Crippen molar-refractivity contribution in [1.29, 1.82) is 0 Å². The normalized spacial score (nSPS) is 12.4. The quantitative estimate of drug-likeness (QED) is 0.00639. The Hall–Kier alpha value is -10.9. The third-order valence-electron chi connectivity index (χ3n) is 17.6. The van der Waals surface area contributed by atoms with Crippen LogP contribution < -0.4 is 37.6 Å². The fourth-order valence-corrected chi connectivity index (χ4v) is 12.9. The smallest absolute Gasteiger partial charge is 0.414 e. The van der Waals surface area contributed by atoms with Crippen LogP contribution in [0, 0.1) is 0 Å². The lowest BCUT2D eigenvalue weighted by molar-refractivity contribution is -0.142. The van der Waals surface area contributed by atoms with Gasteiger partial charge in [0.2, 0.25) is 29.6 Å². The van der Waals surface area contributed by atoms with Crippen LogP contribution in [-0.2, 0) is 55.6 Å². The number of guanidine groups is 1. The van der Waals surface area contributed by atoms with Crippen LogP contribution in [0.15, 0.2) is 200 Å². The highest BCUT2D eigenvalue weighted by molar-refractivity contribution is 6.01. The second-order valence-corrected chi connectivity index (χ2v) is 31.0. The summed E-state index contributed by atoms with van der Waals surface area (Å²) in [7, 11) is 0. The number of aromatic nitrogens is 2. The summed E-state index contributed by atoms with van der Waals surface area (Å²) in [5, 5.41) is 17.2. The van der Waals surface area contributed by atoms with Gasteiger partial charge in [-0.1, -0.05) is 188 Å². The molecule has 0 saturated carbocycles. The van der Waals surface area contributed by atoms with E-state index in [0.29, 0.717) is 44.3 Å². The Balaban J connectivity index is 1.29. The molecule has 0 radical (unpaired) electrons. The molecule has 2 atom stereocenters. The zero-order valence-corrected chi connectivity index (χ0v) is 66.1. The molecule has 7 aromatic rings. The number of hydrogen-bond acceptors (Lipinski definition) is 15. The average molecular weight is 1510 g/mol. The van der Waals surface area contributed by atoms with Crippen molar-refractivity contribution in [2.45, 2.75) is 199 Å². The lowest BCUT2D eigenvalue weighted by Crippen LogP contribution is -2.58. The fourth-order valence-electron chi connectivity index (χ4n) is 12.9. The summed E-state index contributed by atoms with van der Waals surface area (Å²) >= 11 is 0. The number of unbranched alkanes of at least 4 members (excludes halogenated alkanes) is 4. The molecule has 1 aromatic heterocycles. The van der Waals surface area contributed by atoms with Gasteiger partial charge in [-0.05, 0) is 161 Å². The van der Waals surface area contributed by atoms with Crippen LogP contribution in [0.2, 0.25) is 0 Å². The SMILES string of the molecule is CC(C)(C)OC(=O)NCCCCCC(=O)N(CCN)[C@@H](Cc1cn(C(c2ccccc2)(c2ccccc2)c2ccccc2)cn1)C(=O)NCCN(C(=O)CCCCN=C(NC(=O)OC(C)(C)C)NC(=O)OC(C)(C)C)[C@@H](CCCCNC(=O)OC(C)(C)C)C(=O)NC(c1ccccc1)(c1ccccc1)c1ccccc1. The molecule has 8 N–H and O–H groups in total. The maximum atomic E-state index is 16.3. The second kappa shape index (κ2) is 41.1. The first-order valence-corrected chi connectivity index (χ1v) is 38.0. The van der Waals surface area contributed by atoms with Crippen LogP contribution in [0.4, 0.5) is 19.2 Å². The number of nitrogens with one attached hydrogen (secondary N) is 6. The minimum absolute atomic E-state index is 0.00116. The van der Waals surface area contributed by atoms with Crippen LogP contribution in [0.5, 0.6) is 0 Å². The third kappa shape index (κ3) is 26.8. The van der Waals surface area contributed by atoms with Crippen LogP contribution >= 0.6 is 0 Å². The van der Waals surface area contributed by atoms with Crippen LogP contribution in [0.1, 0.15) is 186 Å². The molecule has 0 aliphatic heterocycles. The molecule has 24 nitrogen and oxygen atoms in total. The van der Waals surface area contributed by atoms with Gasteiger partial charge in [-0.15, -0.1) is 0 Å². The Bertz CT molecular complexity index is 3860. The number of carbonyl (C=O) groups is 8. The van der Waals surface area contributed by atoms with Gasteiger partial charge >= 0.3 is 24.4 Å². The van der Waals surface area contributed by atoms with Crippen molar-refractivity contribution in [2.24, 2.45) is 10.7 Å². The summed E-state index contributed by atoms with van der Waals surface area (Å²) in [6, 6.07) is 56.4. The van der Waals surface area contributed by atoms with Gasteiger partial charge in [0.15, 0.2) is 0 Å². The summed E-state index contributed by atoms with van der Waals surface area (Å²) in [6.45, 7) is 20.9. The summed E-state index contributed by atoms with van der Waals surface area (Å²) < 4.78 is 24.0. The molecule has 0 unspecified atom stereocenters. The summed E-state index contributed by atoms with van der Waals surface area (Å²) in [5.74, 6) is -2.13. The molecule has 0 spiro atoms. The van der Waals surface area contributed by atoms with Crippen molar-refractivity contribution in [2.75, 3.05) is 45.8 Å². The average Bonchev–Trinajstić information content (AvgIpc) is 1.37. The first kappa shape index (κ1) is 86.4. The maximum Gasteiger partial charge on any atom is 0.414 e. The summed E-state index contributed by atoms with van der Waals surface area (Å²) in [5.41, 5.74) is 6.36. The highest BCUT2D eigenvalue weighted by Gasteiger charge is 2.43. The number of amides is 8. The highest BCUT2D eigenvalue weighted by Crippen LogP contribution is 2.42. The number of nitrogens with two attached hydrogens (primary N) is 1. The third-order valence-corrected chi connectivity index (χ3v) is 17.6. The van der Waals surface area contributed by atoms with Gasteiger partial charge in [0.05, 0.1) is 12.0 Å². The minimum Gasteiger partial charge on any atom is -0.444 e. The Morgan fingerprint density at radius 2 is 0.818 bits per heavy atom. The van der Waals surface area contributed by atoms with Crippen molar-refractivity contribution >= 4 is 54.0 Å². The molecule has 6 aromatic carbocycles. The molecular weight excluding hydrogens is 1390 g/mol. The zero-order chi connectivity index (χ0) is 80.0. The number of carbonyl (C=O) groups excluding carboxylic acids is 8. The van der Waals surface area contributed by atoms with E-state index in [0.717, 1.165) is 33.4 Å². The largest absolute Gasteiger partial charge is 0.444 e. The number of ether oxygens (including phenoxy) is 4. The summed E-state index contributed by atoms with van der Waals surface area (Å²) in [6.07, 6.45) is 3.30. The van der Waals surface area contributed by atoms with Gasteiger partial charge in [0.25, 0.3) is 0 Å². The standard InChI is InChI=1S/C86H114N12O12/c1-81(2,3)107-77(103)90-55-35-19-32-51-72(99)97(58-53-87)71(60-69-61-96(62-92-69)86(66-44-26-16-27-45-66,67-46-28-17-29-47-67)68-48-30-18-31-49-68)74(101)88-57-59-98(73(100)52-34-37-54-89-76(93-79(105)109-83(7,8)9)94-80(106)110-84(10,11)12)70(50-33-36-56-91-78(104)108-82(4,5)6)75(102)95-85(63-38-20-13-21-39-63,64-40-22-14-23-41-64)65-42-24-15-25-43-65/h13-18,20-31,38-49,61-62,70-71H,19,32-37,50-60,87H2,1-12H3,(H,88,101)(H,90,103)(H,91,104)(H,95,102)(H2,89,93,94,105,106)/t70-,71-/m0/s1. The highest BCUT2D eigenvalue weighted by atomic mass is 16.6. The molecule has 1 heterocycles. The number of nitrogens with zero attached hydrogens (tertiary/aromatic N) is 5. The number of aliphatic imine (C=N–C) groups is 1. The lowest BCUT2D eigenvalue weighted by atomic mass is 9.76. The van der Waals surface area contributed by atoms with Crippen LogP contribution in [-0.4, -0.2) is 154 Å². The van der Waals surface area contributed by atoms with E-state index >= 15 is 14.4 Å². The van der Waals surface area contributed by atoms with Gasteiger partial charge in [-0.25, -0.2) is 24.2 Å². The maximum absolute atomic E-state index is 16.3. The van der Waals surface area contributed by atoms with Crippen molar-refractivity contribution in [1.82, 2.24) is 51.3 Å². The van der Waals surface area contributed by atoms with Gasteiger partial charge in [0.1, 0.15) is 45.6 Å². The van der Waals surface area contributed by atoms with E-state index in [4.69, 9.17) is 29.7 Å². The Kier molecular flexibility index (Phi) is 32.2. The molecule has 0 fully saturated rings. The number of hydrogen-bond donors (Lipinski definition) is 7. The van der Waals surface area contributed by atoms with E-state index in [1.54, 1.807) is 89.4 Å². The van der Waals surface area contributed by atoms with E-state index in [2.05, 4.69) is 73.3 Å². The molecule has 0 bridgehead atoms. The molecule has 8 amide bonds. The zero-order valence-electron chi connectivity index (χ0n) is 66.1. The molecule has 0 saturated heterocycles. The van der Waals surface area contributed by atoms with E-state index in [9.17, 15) is 24.0 Å². The van der Waals surface area contributed by atoms with E-state index in [1.165, 1.54) is 9.80 Å². The lowest BCUT2D eigenvalue weighted by Gasteiger charge is -2.40. The first-order chi connectivity index (χ1) is 52.3. The van der Waals surface area contributed by atoms with Crippen LogP contribution in [0.3, 0.4) is 0 Å². The Morgan fingerprint density at radius 3 is 1.23 bits per heavy atom. The van der Waals surface area contributed by atoms with Gasteiger partial charge < -0.3 is 60.3 Å². The minimum atomic E-state index is -1.34. The van der Waals surface area contributed by atoms with Crippen molar-refractivity contribution in [3.8, 4) is 0 Å². The predicted molar refractivity (Wildman–Crippen MR) is 427 cm³/mol. The number of rotatable bonds is 35. The van der Waals surface area contributed by atoms with Crippen molar-refractivity contribution < 1.29 is 57.3 Å². The van der Waals surface area contributed by atoms with E-state index in [1.807, 2.05) is 156 Å². The van der Waals surface area contributed by atoms with Gasteiger partial charge in [0, 0.05) is 71.3 Å². The van der Waals surface area contributed by atoms with Crippen LogP contribution in [0.25, 0.3) is 0 Å². The molecule has 0 aliphatic rings. The topological polar surface area (TPSA) is 308 Å². The first-order valence-electron chi connectivity index (χ1n) is 38.0. The molecule has 7 rings (SSSR count). The molecule has 110 heavy (non-hydrogen) atoms. The monoisotopic (exact) mass is 1510 g/mol. The molecule has 0 aliphatic carbocycles. The van der Waals surface area contributed by atoms with Crippen molar-refractivity contribution in [3.05, 3.63) is 234 Å². The van der Waals surface area contributed by atoms with Crippen molar-refractivity contribution in [3.63, 3.8) is 0 Å². The number of imidazole rings is 1. The molecule has 590 valence electrons. The van der Waals surface area contributed by atoms with E-state index in [-0.39, 0.29) is 89.7 Å². The second-order valence-electron chi connectivity index (χ2n) is 31.0. The molecular formula is C86H114N12O12.